The molecule has 1 N–H and O–H groups in total. The summed E-state index contributed by atoms with van der Waals surface area (Å²) in [6.07, 6.45) is 3.40. The highest BCUT2D eigenvalue weighted by Gasteiger charge is 2.22. The van der Waals surface area contributed by atoms with Crippen molar-refractivity contribution in [2.45, 2.75) is 13.5 Å². The maximum atomic E-state index is 13.0. The van der Waals surface area contributed by atoms with Crippen LogP contribution in [-0.4, -0.2) is 46.9 Å². The number of anilines is 2. The lowest BCUT2D eigenvalue weighted by Gasteiger charge is -2.34. The molecule has 1 aliphatic rings. The Hall–Kier alpha value is -3.18. The normalized spacial score (nSPS) is 14.6. The Morgan fingerprint density at radius 3 is 2.48 bits per heavy atom. The van der Waals surface area contributed by atoms with Gasteiger partial charge >= 0.3 is 0 Å². The van der Waals surface area contributed by atoms with Crippen molar-refractivity contribution in [2.24, 2.45) is 0 Å². The van der Waals surface area contributed by atoms with Crippen LogP contribution in [0, 0.1) is 6.92 Å². The molecular weight excluding hydrogens is 360 g/mol. The smallest absolute Gasteiger partial charge is 0.255 e. The number of rotatable bonds is 5. The summed E-state index contributed by atoms with van der Waals surface area (Å²) < 4.78 is 0. The van der Waals surface area contributed by atoms with Crippen molar-refractivity contribution < 1.29 is 4.79 Å². The molecule has 2 aromatic carbocycles. The SMILES string of the molecule is Cc1cccc(Nc2cncc(C(=O)N3CCN(Cc4ccccc4)CC3)c2)c1. The summed E-state index contributed by atoms with van der Waals surface area (Å²) in [5.74, 6) is 0.0461. The molecule has 148 valence electrons. The van der Waals surface area contributed by atoms with Crippen LogP contribution in [-0.2, 0) is 6.54 Å². The van der Waals surface area contributed by atoms with E-state index in [-0.39, 0.29) is 5.91 Å². The van der Waals surface area contributed by atoms with Crippen molar-refractivity contribution in [2.75, 3.05) is 31.5 Å². The minimum atomic E-state index is 0.0461. The van der Waals surface area contributed by atoms with Gasteiger partial charge in [0, 0.05) is 44.6 Å². The number of pyridine rings is 1. The average molecular weight is 386 g/mol. The maximum Gasteiger partial charge on any atom is 0.255 e. The number of hydrogen-bond donors (Lipinski definition) is 1. The second-order valence-electron chi connectivity index (χ2n) is 7.51. The number of nitrogens with one attached hydrogen (secondary N) is 1. The summed E-state index contributed by atoms with van der Waals surface area (Å²) in [7, 11) is 0. The summed E-state index contributed by atoms with van der Waals surface area (Å²) in [6, 6.07) is 20.5. The Kier molecular flexibility index (Phi) is 5.86. The molecule has 0 unspecified atom stereocenters. The van der Waals surface area contributed by atoms with E-state index >= 15 is 0 Å². The molecule has 0 saturated carbocycles. The predicted molar refractivity (Wildman–Crippen MR) is 116 cm³/mol. The molecule has 0 radical (unpaired) electrons. The lowest BCUT2D eigenvalue weighted by Crippen LogP contribution is -2.48. The van der Waals surface area contributed by atoms with Gasteiger partial charge in [0.05, 0.1) is 17.4 Å². The minimum Gasteiger partial charge on any atom is -0.354 e. The zero-order valence-electron chi connectivity index (χ0n) is 16.7. The number of aromatic nitrogens is 1. The predicted octanol–water partition coefficient (Wildman–Crippen LogP) is 4.09. The van der Waals surface area contributed by atoms with Crippen LogP contribution in [0.25, 0.3) is 0 Å². The molecule has 3 aromatic rings. The highest BCUT2D eigenvalue weighted by atomic mass is 16.2. The third kappa shape index (κ3) is 5.00. The van der Waals surface area contributed by atoms with Crippen molar-refractivity contribution in [1.29, 1.82) is 0 Å². The van der Waals surface area contributed by atoms with Gasteiger partial charge in [0.15, 0.2) is 0 Å². The number of nitrogens with zero attached hydrogens (tertiary/aromatic N) is 3. The molecule has 29 heavy (non-hydrogen) atoms. The molecule has 0 bridgehead atoms. The lowest BCUT2D eigenvalue weighted by atomic mass is 10.1. The molecule has 1 saturated heterocycles. The number of aryl methyl sites for hydroxylation is 1. The molecular formula is C24H26N4O. The Morgan fingerprint density at radius 2 is 1.72 bits per heavy atom. The summed E-state index contributed by atoms with van der Waals surface area (Å²) in [5.41, 5.74) is 4.93. The molecule has 4 rings (SSSR count). The molecule has 5 heteroatoms. The van der Waals surface area contributed by atoms with Gasteiger partial charge in [0.25, 0.3) is 5.91 Å². The molecule has 0 atom stereocenters. The quantitative estimate of drug-likeness (QED) is 0.717. The zero-order chi connectivity index (χ0) is 20.1. The number of benzene rings is 2. The minimum absolute atomic E-state index is 0.0461. The highest BCUT2D eigenvalue weighted by Crippen LogP contribution is 2.19. The third-order valence-corrected chi connectivity index (χ3v) is 5.20. The van der Waals surface area contributed by atoms with Gasteiger partial charge in [-0.15, -0.1) is 0 Å². The Labute approximate surface area is 172 Å². The summed E-state index contributed by atoms with van der Waals surface area (Å²) in [6.45, 7) is 6.23. The van der Waals surface area contributed by atoms with Crippen molar-refractivity contribution >= 4 is 17.3 Å². The molecule has 0 spiro atoms. The molecule has 0 aliphatic carbocycles. The van der Waals surface area contributed by atoms with Crippen LogP contribution in [0.5, 0.6) is 0 Å². The first-order valence-electron chi connectivity index (χ1n) is 10.0. The van der Waals surface area contributed by atoms with Gasteiger partial charge in [0.2, 0.25) is 0 Å². The maximum absolute atomic E-state index is 13.0. The van der Waals surface area contributed by atoms with Gasteiger partial charge in [-0.1, -0.05) is 42.5 Å². The summed E-state index contributed by atoms with van der Waals surface area (Å²) >= 11 is 0. The van der Waals surface area contributed by atoms with E-state index in [0.717, 1.165) is 44.1 Å². The van der Waals surface area contributed by atoms with E-state index in [4.69, 9.17) is 0 Å². The molecule has 2 heterocycles. The van der Waals surface area contributed by atoms with Crippen molar-refractivity contribution in [1.82, 2.24) is 14.8 Å². The standard InChI is InChI=1S/C24H26N4O/c1-19-6-5-9-22(14-19)26-23-15-21(16-25-17-23)24(29)28-12-10-27(11-13-28)18-20-7-3-2-4-8-20/h2-9,14-17,26H,10-13,18H2,1H3. The summed E-state index contributed by atoms with van der Waals surface area (Å²) in [5, 5.41) is 3.34. The first kappa shape index (κ1) is 19.2. The van der Waals surface area contributed by atoms with Crippen LogP contribution in [0.3, 0.4) is 0 Å². The van der Waals surface area contributed by atoms with E-state index in [9.17, 15) is 4.79 Å². The molecule has 5 nitrogen and oxygen atoms in total. The average Bonchev–Trinajstić information content (AvgIpc) is 2.75. The molecule has 1 aliphatic heterocycles. The Balaban J connectivity index is 1.36. The number of carbonyl (C=O) groups excluding carboxylic acids is 1. The van der Waals surface area contributed by atoms with Gasteiger partial charge in [-0.2, -0.15) is 0 Å². The zero-order valence-corrected chi connectivity index (χ0v) is 16.7. The van der Waals surface area contributed by atoms with Crippen LogP contribution in [0.2, 0.25) is 0 Å². The second-order valence-corrected chi connectivity index (χ2v) is 7.51. The van der Waals surface area contributed by atoms with Crippen LogP contribution in [0.15, 0.2) is 73.1 Å². The van der Waals surface area contributed by atoms with Crippen LogP contribution >= 0.6 is 0 Å². The number of carbonyl (C=O) groups is 1. The van der Waals surface area contributed by atoms with Gasteiger partial charge in [0.1, 0.15) is 0 Å². The number of amides is 1. The van der Waals surface area contributed by atoms with E-state index < -0.39 is 0 Å². The van der Waals surface area contributed by atoms with Crippen molar-refractivity contribution in [3.05, 3.63) is 89.7 Å². The van der Waals surface area contributed by atoms with Crippen molar-refractivity contribution in [3.8, 4) is 0 Å². The van der Waals surface area contributed by atoms with Gasteiger partial charge in [-0.3, -0.25) is 14.7 Å². The first-order valence-corrected chi connectivity index (χ1v) is 10.0. The first-order chi connectivity index (χ1) is 14.2. The molecule has 1 aromatic heterocycles. The molecule has 1 amide bonds. The van der Waals surface area contributed by atoms with Gasteiger partial charge in [-0.25, -0.2) is 0 Å². The van der Waals surface area contributed by atoms with Crippen LogP contribution < -0.4 is 5.32 Å². The fourth-order valence-electron chi connectivity index (χ4n) is 3.65. The Morgan fingerprint density at radius 1 is 0.931 bits per heavy atom. The largest absolute Gasteiger partial charge is 0.354 e. The Bertz CT molecular complexity index is 965. The van der Waals surface area contributed by atoms with Gasteiger partial charge < -0.3 is 10.2 Å². The number of hydrogen-bond acceptors (Lipinski definition) is 4. The topological polar surface area (TPSA) is 48.5 Å². The van der Waals surface area contributed by atoms with E-state index in [1.54, 1.807) is 12.4 Å². The summed E-state index contributed by atoms with van der Waals surface area (Å²) in [4.78, 5) is 21.6. The highest BCUT2D eigenvalue weighted by molar-refractivity contribution is 5.95. The monoisotopic (exact) mass is 386 g/mol. The lowest BCUT2D eigenvalue weighted by molar-refractivity contribution is 0.0628. The second kappa shape index (κ2) is 8.88. The number of piperazine rings is 1. The fraction of sp³-hybridized carbons (Fsp3) is 0.250. The third-order valence-electron chi connectivity index (χ3n) is 5.20. The van der Waals surface area contributed by atoms with Crippen LogP contribution in [0.4, 0.5) is 11.4 Å². The fourth-order valence-corrected chi connectivity index (χ4v) is 3.65. The van der Waals surface area contributed by atoms with E-state index in [2.05, 4.69) is 58.5 Å². The van der Waals surface area contributed by atoms with Crippen molar-refractivity contribution in [3.63, 3.8) is 0 Å². The van der Waals surface area contributed by atoms with E-state index in [0.29, 0.717) is 5.56 Å². The van der Waals surface area contributed by atoms with Gasteiger partial charge in [-0.05, 0) is 36.2 Å². The van der Waals surface area contributed by atoms with E-state index in [1.807, 2.05) is 29.2 Å². The van der Waals surface area contributed by atoms with Crippen LogP contribution in [0.1, 0.15) is 21.5 Å². The van der Waals surface area contributed by atoms with E-state index in [1.165, 1.54) is 11.1 Å². The molecule has 1 fully saturated rings.